The number of imide groups is 1. The third kappa shape index (κ3) is 3.31. The van der Waals surface area contributed by atoms with E-state index in [0.717, 1.165) is 9.37 Å². The second-order valence-electron chi connectivity index (χ2n) is 3.97. The van der Waals surface area contributed by atoms with Gasteiger partial charge < -0.3 is 10.6 Å². The molecule has 1 heterocycles. The third-order valence-electron chi connectivity index (χ3n) is 2.66. The average molecular weight is 326 g/mol. The molecule has 0 aliphatic carbocycles. The van der Waals surface area contributed by atoms with E-state index in [2.05, 4.69) is 26.6 Å². The Bertz CT molecular complexity index is 499. The fraction of sp³-hybridized carbons (Fsp3) is 0.250. The molecule has 19 heavy (non-hydrogen) atoms. The van der Waals surface area contributed by atoms with E-state index in [1.807, 2.05) is 0 Å². The summed E-state index contributed by atoms with van der Waals surface area (Å²) < 4.78 is 0.892. The molecule has 1 aromatic rings. The van der Waals surface area contributed by atoms with Crippen LogP contribution in [0.2, 0.25) is 0 Å². The number of rotatable bonds is 4. The van der Waals surface area contributed by atoms with E-state index in [1.165, 1.54) is 0 Å². The van der Waals surface area contributed by atoms with Crippen LogP contribution in [-0.2, 0) is 4.79 Å². The van der Waals surface area contributed by atoms with Gasteiger partial charge in [0.1, 0.15) is 0 Å². The van der Waals surface area contributed by atoms with E-state index in [9.17, 15) is 14.4 Å². The first kappa shape index (κ1) is 13.5. The van der Waals surface area contributed by atoms with Crippen molar-refractivity contribution in [1.29, 1.82) is 0 Å². The van der Waals surface area contributed by atoms with Gasteiger partial charge in [0.05, 0.1) is 6.54 Å². The summed E-state index contributed by atoms with van der Waals surface area (Å²) in [5.74, 6) is -0.512. The fourth-order valence-electron chi connectivity index (χ4n) is 1.67. The Balaban J connectivity index is 1.82. The highest BCUT2D eigenvalue weighted by Gasteiger charge is 2.27. The molecule has 0 unspecified atom stereocenters. The van der Waals surface area contributed by atoms with Gasteiger partial charge in [-0.2, -0.15) is 0 Å². The second-order valence-corrected chi connectivity index (χ2v) is 4.88. The summed E-state index contributed by atoms with van der Waals surface area (Å²) in [6.07, 6.45) is 0. The van der Waals surface area contributed by atoms with Crippen molar-refractivity contribution in [3.05, 3.63) is 34.3 Å². The molecule has 0 aromatic heterocycles. The smallest absolute Gasteiger partial charge is 0.324 e. The van der Waals surface area contributed by atoms with Gasteiger partial charge in [-0.15, -0.1) is 0 Å². The third-order valence-corrected chi connectivity index (χ3v) is 3.19. The number of amides is 4. The number of carbonyl (C=O) groups is 3. The molecular formula is C12H12BrN3O3. The van der Waals surface area contributed by atoms with Crippen molar-refractivity contribution in [2.24, 2.45) is 0 Å². The highest BCUT2D eigenvalue weighted by Crippen LogP contribution is 2.10. The van der Waals surface area contributed by atoms with Crippen LogP contribution in [-0.4, -0.2) is 42.4 Å². The van der Waals surface area contributed by atoms with Gasteiger partial charge >= 0.3 is 6.03 Å². The molecule has 1 aliphatic heterocycles. The molecule has 1 aliphatic rings. The molecule has 0 atom stereocenters. The minimum Gasteiger partial charge on any atom is -0.350 e. The molecule has 0 radical (unpaired) electrons. The predicted molar refractivity (Wildman–Crippen MR) is 71.6 cm³/mol. The Hall–Kier alpha value is -1.89. The summed E-state index contributed by atoms with van der Waals surface area (Å²) >= 11 is 3.28. The number of halogens is 1. The normalized spacial score (nSPS) is 14.5. The maximum Gasteiger partial charge on any atom is 0.324 e. The number of carbonyl (C=O) groups excluding carboxylic acids is 3. The van der Waals surface area contributed by atoms with Gasteiger partial charge in [-0.25, -0.2) is 4.79 Å². The summed E-state index contributed by atoms with van der Waals surface area (Å²) in [4.78, 5) is 35.4. The molecule has 1 aromatic carbocycles. The summed E-state index contributed by atoms with van der Waals surface area (Å²) in [6, 6.07) is 6.50. The van der Waals surface area contributed by atoms with Gasteiger partial charge in [0, 0.05) is 23.1 Å². The lowest BCUT2D eigenvalue weighted by Crippen LogP contribution is -2.38. The van der Waals surface area contributed by atoms with Gasteiger partial charge in [0.25, 0.3) is 5.91 Å². The lowest BCUT2D eigenvalue weighted by Gasteiger charge is -2.12. The monoisotopic (exact) mass is 325 g/mol. The minimum absolute atomic E-state index is 0.0273. The first-order valence-corrected chi connectivity index (χ1v) is 6.49. The maximum absolute atomic E-state index is 11.8. The first-order valence-electron chi connectivity index (χ1n) is 5.70. The van der Waals surface area contributed by atoms with E-state index < -0.39 is 6.03 Å². The summed E-state index contributed by atoms with van der Waals surface area (Å²) in [5, 5.41) is 5.07. The van der Waals surface area contributed by atoms with Crippen molar-refractivity contribution >= 4 is 33.8 Å². The molecule has 1 fully saturated rings. The topological polar surface area (TPSA) is 78.5 Å². The van der Waals surface area contributed by atoms with Crippen molar-refractivity contribution in [3.8, 4) is 0 Å². The molecule has 2 N–H and O–H groups in total. The Kier molecular flexibility index (Phi) is 4.16. The first-order chi connectivity index (χ1) is 9.08. The Labute approximate surface area is 118 Å². The van der Waals surface area contributed by atoms with E-state index in [-0.39, 0.29) is 31.4 Å². The highest BCUT2D eigenvalue weighted by molar-refractivity contribution is 9.10. The van der Waals surface area contributed by atoms with Crippen molar-refractivity contribution < 1.29 is 14.4 Å². The molecule has 0 spiro atoms. The van der Waals surface area contributed by atoms with Crippen LogP contribution < -0.4 is 10.6 Å². The summed E-state index contributed by atoms with van der Waals surface area (Å²) in [6.45, 7) is 0.431. The quantitative estimate of drug-likeness (QED) is 0.801. The fourth-order valence-corrected chi connectivity index (χ4v) is 1.93. The van der Waals surface area contributed by atoms with E-state index >= 15 is 0 Å². The molecule has 100 valence electrons. The number of nitrogens with one attached hydrogen (secondary N) is 2. The van der Waals surface area contributed by atoms with Crippen LogP contribution in [0, 0.1) is 0 Å². The zero-order valence-electron chi connectivity index (χ0n) is 9.98. The largest absolute Gasteiger partial charge is 0.350 e. The predicted octanol–water partition coefficient (Wildman–Crippen LogP) is 0.731. The molecule has 0 saturated carbocycles. The van der Waals surface area contributed by atoms with Crippen molar-refractivity contribution in [1.82, 2.24) is 15.5 Å². The standard InChI is InChI=1S/C12H12BrN3O3/c13-9-3-1-8(2-4-9)11(18)14-5-6-16-10(17)7-15-12(16)19/h1-4H,5-7H2,(H,14,18)(H,15,19). The van der Waals surface area contributed by atoms with E-state index in [4.69, 9.17) is 0 Å². The van der Waals surface area contributed by atoms with Crippen LogP contribution in [0.3, 0.4) is 0 Å². The second kappa shape index (κ2) is 5.83. The van der Waals surface area contributed by atoms with Crippen molar-refractivity contribution in [2.45, 2.75) is 0 Å². The minimum atomic E-state index is -0.414. The van der Waals surface area contributed by atoms with Crippen LogP contribution >= 0.6 is 15.9 Å². The number of benzene rings is 1. The number of urea groups is 1. The summed E-state index contributed by atoms with van der Waals surface area (Å²) in [5.41, 5.74) is 0.528. The Morgan fingerprint density at radius 3 is 2.58 bits per heavy atom. The maximum atomic E-state index is 11.8. The van der Waals surface area contributed by atoms with Crippen LogP contribution in [0.5, 0.6) is 0 Å². The van der Waals surface area contributed by atoms with Gasteiger partial charge in [-0.1, -0.05) is 15.9 Å². The zero-order valence-corrected chi connectivity index (χ0v) is 11.6. The molecule has 0 bridgehead atoms. The van der Waals surface area contributed by atoms with E-state index in [0.29, 0.717) is 5.56 Å². The Morgan fingerprint density at radius 2 is 2.00 bits per heavy atom. The van der Waals surface area contributed by atoms with Gasteiger partial charge in [-0.05, 0) is 24.3 Å². The highest BCUT2D eigenvalue weighted by atomic mass is 79.9. The molecule has 7 heteroatoms. The van der Waals surface area contributed by atoms with E-state index in [1.54, 1.807) is 24.3 Å². The molecule has 2 rings (SSSR count). The van der Waals surface area contributed by atoms with Crippen LogP contribution in [0.4, 0.5) is 4.79 Å². The number of hydrogen-bond acceptors (Lipinski definition) is 3. The lowest BCUT2D eigenvalue weighted by molar-refractivity contribution is -0.124. The summed E-state index contributed by atoms with van der Waals surface area (Å²) in [7, 11) is 0. The van der Waals surface area contributed by atoms with Crippen LogP contribution in [0.1, 0.15) is 10.4 Å². The number of hydrogen-bond donors (Lipinski definition) is 2. The Morgan fingerprint density at radius 1 is 1.32 bits per heavy atom. The molecular weight excluding hydrogens is 314 g/mol. The average Bonchev–Trinajstić information content (AvgIpc) is 2.71. The van der Waals surface area contributed by atoms with Gasteiger partial charge in [0.15, 0.2) is 0 Å². The SMILES string of the molecule is O=C(NCCN1C(=O)CNC1=O)c1ccc(Br)cc1. The van der Waals surface area contributed by atoms with Gasteiger partial charge in [0.2, 0.25) is 5.91 Å². The van der Waals surface area contributed by atoms with Crippen LogP contribution in [0.15, 0.2) is 28.7 Å². The van der Waals surface area contributed by atoms with Crippen molar-refractivity contribution in [2.75, 3.05) is 19.6 Å². The molecule has 4 amide bonds. The molecule has 6 nitrogen and oxygen atoms in total. The lowest BCUT2D eigenvalue weighted by atomic mass is 10.2. The van der Waals surface area contributed by atoms with Crippen LogP contribution in [0.25, 0.3) is 0 Å². The van der Waals surface area contributed by atoms with Crippen molar-refractivity contribution in [3.63, 3.8) is 0 Å². The number of nitrogens with zero attached hydrogens (tertiary/aromatic N) is 1. The van der Waals surface area contributed by atoms with Gasteiger partial charge in [-0.3, -0.25) is 14.5 Å². The zero-order chi connectivity index (χ0) is 13.8. The molecule has 1 saturated heterocycles.